The van der Waals surface area contributed by atoms with Crippen LogP contribution in [0.4, 0.5) is 0 Å². The molecular weight excluding hydrogens is 208 g/mol. The zero-order chi connectivity index (χ0) is 11.3. The number of likely N-dealkylation sites (N-methyl/N-ethyl adjacent to an activating group) is 1. The number of halogens is 1. The largest absolute Gasteiger partial charge is 0.329 e. The molecule has 84 valence electrons. The molecule has 0 saturated heterocycles. The number of benzene rings is 1. The Morgan fingerprint density at radius 3 is 2.60 bits per heavy atom. The van der Waals surface area contributed by atoms with Crippen molar-refractivity contribution in [2.75, 3.05) is 20.1 Å². The number of nitrogens with zero attached hydrogens (tertiary/aromatic N) is 1. The first-order chi connectivity index (χ1) is 7.20. The highest BCUT2D eigenvalue weighted by molar-refractivity contribution is 6.31. The second-order valence-corrected chi connectivity index (χ2v) is 4.16. The Labute approximate surface area is 97.0 Å². The summed E-state index contributed by atoms with van der Waals surface area (Å²) in [5.74, 6) is 0. The Bertz CT molecular complexity index is 301. The Morgan fingerprint density at radius 1 is 1.40 bits per heavy atom. The highest BCUT2D eigenvalue weighted by Gasteiger charge is 2.16. The molecule has 1 rings (SSSR count). The van der Waals surface area contributed by atoms with Gasteiger partial charge in [-0.3, -0.25) is 4.90 Å². The molecule has 0 amide bonds. The molecule has 2 nitrogen and oxygen atoms in total. The molecule has 0 aliphatic carbocycles. The van der Waals surface area contributed by atoms with E-state index in [4.69, 9.17) is 17.3 Å². The van der Waals surface area contributed by atoms with Gasteiger partial charge in [-0.05, 0) is 31.6 Å². The highest BCUT2D eigenvalue weighted by atomic mass is 35.5. The monoisotopic (exact) mass is 226 g/mol. The van der Waals surface area contributed by atoms with Crippen LogP contribution >= 0.6 is 11.6 Å². The van der Waals surface area contributed by atoms with Gasteiger partial charge in [-0.15, -0.1) is 0 Å². The van der Waals surface area contributed by atoms with Crippen molar-refractivity contribution in [2.45, 2.75) is 19.4 Å². The SMILES string of the molecule is CCCN(C)C(CN)c1ccccc1Cl. The standard InChI is InChI=1S/C12H19ClN2/c1-3-8-15(2)12(9-14)10-6-4-5-7-11(10)13/h4-7,12H,3,8-9,14H2,1-2H3. The molecule has 1 unspecified atom stereocenters. The Balaban J connectivity index is 2.87. The summed E-state index contributed by atoms with van der Waals surface area (Å²) in [6.45, 7) is 3.80. The van der Waals surface area contributed by atoms with Crippen LogP contribution in [0.3, 0.4) is 0 Å². The van der Waals surface area contributed by atoms with Gasteiger partial charge in [0.15, 0.2) is 0 Å². The fraction of sp³-hybridized carbons (Fsp3) is 0.500. The Hall–Kier alpha value is -0.570. The van der Waals surface area contributed by atoms with E-state index in [9.17, 15) is 0 Å². The first-order valence-electron chi connectivity index (χ1n) is 5.35. The summed E-state index contributed by atoms with van der Waals surface area (Å²) in [5.41, 5.74) is 6.93. The van der Waals surface area contributed by atoms with Crippen molar-refractivity contribution in [1.29, 1.82) is 0 Å². The van der Waals surface area contributed by atoms with Crippen LogP contribution < -0.4 is 5.73 Å². The molecule has 0 radical (unpaired) electrons. The predicted molar refractivity (Wildman–Crippen MR) is 66.2 cm³/mol. The molecule has 0 saturated carbocycles. The maximum atomic E-state index is 6.16. The lowest BCUT2D eigenvalue weighted by molar-refractivity contribution is 0.251. The summed E-state index contributed by atoms with van der Waals surface area (Å²) >= 11 is 6.16. The minimum absolute atomic E-state index is 0.221. The van der Waals surface area contributed by atoms with Crippen LogP contribution in [-0.2, 0) is 0 Å². The summed E-state index contributed by atoms with van der Waals surface area (Å²) < 4.78 is 0. The van der Waals surface area contributed by atoms with Crippen LogP contribution in [0.25, 0.3) is 0 Å². The summed E-state index contributed by atoms with van der Waals surface area (Å²) in [4.78, 5) is 2.25. The predicted octanol–water partition coefficient (Wildman–Crippen LogP) is 2.68. The van der Waals surface area contributed by atoms with Crippen molar-refractivity contribution in [3.05, 3.63) is 34.9 Å². The third kappa shape index (κ3) is 3.20. The quantitative estimate of drug-likeness (QED) is 0.837. The third-order valence-corrected chi connectivity index (χ3v) is 2.94. The van der Waals surface area contributed by atoms with Gasteiger partial charge in [0, 0.05) is 17.6 Å². The van der Waals surface area contributed by atoms with Crippen molar-refractivity contribution < 1.29 is 0 Å². The van der Waals surface area contributed by atoms with Crippen LogP contribution in [0, 0.1) is 0 Å². The number of nitrogens with two attached hydrogens (primary N) is 1. The first kappa shape index (κ1) is 12.5. The van der Waals surface area contributed by atoms with Crippen LogP contribution in [-0.4, -0.2) is 25.0 Å². The average molecular weight is 227 g/mol. The maximum absolute atomic E-state index is 6.16. The van der Waals surface area contributed by atoms with E-state index >= 15 is 0 Å². The molecule has 3 heteroatoms. The lowest BCUT2D eigenvalue weighted by Gasteiger charge is -2.27. The van der Waals surface area contributed by atoms with E-state index in [0.29, 0.717) is 6.54 Å². The molecule has 0 spiro atoms. The van der Waals surface area contributed by atoms with E-state index in [0.717, 1.165) is 23.6 Å². The first-order valence-corrected chi connectivity index (χ1v) is 5.73. The zero-order valence-corrected chi connectivity index (χ0v) is 10.2. The Morgan fingerprint density at radius 2 is 2.07 bits per heavy atom. The number of hydrogen-bond donors (Lipinski definition) is 1. The lowest BCUT2D eigenvalue weighted by Crippen LogP contribution is -2.31. The summed E-state index contributed by atoms with van der Waals surface area (Å²) in [5, 5.41) is 0.802. The van der Waals surface area contributed by atoms with Gasteiger partial charge < -0.3 is 5.73 Å². The molecule has 1 atom stereocenters. The fourth-order valence-electron chi connectivity index (χ4n) is 1.80. The van der Waals surface area contributed by atoms with Crippen LogP contribution in [0.15, 0.2) is 24.3 Å². The van der Waals surface area contributed by atoms with Crippen LogP contribution in [0.1, 0.15) is 24.9 Å². The van der Waals surface area contributed by atoms with E-state index in [-0.39, 0.29) is 6.04 Å². The van der Waals surface area contributed by atoms with Crippen molar-refractivity contribution in [3.63, 3.8) is 0 Å². The van der Waals surface area contributed by atoms with E-state index in [1.807, 2.05) is 24.3 Å². The minimum atomic E-state index is 0.221. The molecule has 0 aliphatic rings. The number of hydrogen-bond acceptors (Lipinski definition) is 2. The zero-order valence-electron chi connectivity index (χ0n) is 9.41. The van der Waals surface area contributed by atoms with Gasteiger partial charge in [0.1, 0.15) is 0 Å². The van der Waals surface area contributed by atoms with Crippen LogP contribution in [0.2, 0.25) is 5.02 Å². The molecule has 1 aromatic carbocycles. The van der Waals surface area contributed by atoms with E-state index < -0.39 is 0 Å². The topological polar surface area (TPSA) is 29.3 Å². The second-order valence-electron chi connectivity index (χ2n) is 3.75. The van der Waals surface area contributed by atoms with E-state index in [1.165, 1.54) is 0 Å². The van der Waals surface area contributed by atoms with Crippen molar-refractivity contribution in [1.82, 2.24) is 4.90 Å². The molecule has 2 N–H and O–H groups in total. The van der Waals surface area contributed by atoms with E-state index in [2.05, 4.69) is 18.9 Å². The summed E-state index contributed by atoms with van der Waals surface area (Å²) in [6, 6.07) is 8.13. The van der Waals surface area contributed by atoms with Crippen molar-refractivity contribution >= 4 is 11.6 Å². The van der Waals surface area contributed by atoms with Gasteiger partial charge in [0.25, 0.3) is 0 Å². The molecule has 0 fully saturated rings. The Kier molecular flexibility index (Phi) is 5.09. The van der Waals surface area contributed by atoms with Crippen LogP contribution in [0.5, 0.6) is 0 Å². The van der Waals surface area contributed by atoms with Gasteiger partial charge in [0.2, 0.25) is 0 Å². The van der Waals surface area contributed by atoms with E-state index in [1.54, 1.807) is 0 Å². The number of rotatable bonds is 5. The third-order valence-electron chi connectivity index (χ3n) is 2.60. The van der Waals surface area contributed by atoms with Gasteiger partial charge in [0.05, 0.1) is 0 Å². The lowest BCUT2D eigenvalue weighted by atomic mass is 10.1. The van der Waals surface area contributed by atoms with Crippen molar-refractivity contribution in [2.24, 2.45) is 5.73 Å². The van der Waals surface area contributed by atoms with Gasteiger partial charge in [-0.2, -0.15) is 0 Å². The molecule has 15 heavy (non-hydrogen) atoms. The van der Waals surface area contributed by atoms with Gasteiger partial charge in [-0.1, -0.05) is 36.7 Å². The van der Waals surface area contributed by atoms with Gasteiger partial charge in [-0.25, -0.2) is 0 Å². The molecule has 0 heterocycles. The van der Waals surface area contributed by atoms with Gasteiger partial charge >= 0.3 is 0 Å². The molecule has 0 aliphatic heterocycles. The molecule has 0 aromatic heterocycles. The molecule has 0 bridgehead atoms. The molecular formula is C12H19ClN2. The minimum Gasteiger partial charge on any atom is -0.329 e. The van der Waals surface area contributed by atoms with Crippen molar-refractivity contribution in [3.8, 4) is 0 Å². The summed E-state index contributed by atoms with van der Waals surface area (Å²) in [7, 11) is 2.09. The summed E-state index contributed by atoms with van der Waals surface area (Å²) in [6.07, 6.45) is 1.12. The maximum Gasteiger partial charge on any atom is 0.0482 e. The highest BCUT2D eigenvalue weighted by Crippen LogP contribution is 2.25. The smallest absolute Gasteiger partial charge is 0.0482 e. The second kappa shape index (κ2) is 6.11. The normalized spacial score (nSPS) is 13.1. The fourth-order valence-corrected chi connectivity index (χ4v) is 2.06. The average Bonchev–Trinajstić information content (AvgIpc) is 2.22. The molecule has 1 aromatic rings.